The second-order valence-electron chi connectivity index (χ2n) is 5.84. The molecule has 0 aliphatic rings. The number of aryl methyl sites for hydroxylation is 1. The molecule has 26 heavy (non-hydrogen) atoms. The fourth-order valence-electron chi connectivity index (χ4n) is 3.15. The van der Waals surface area contributed by atoms with Crippen molar-refractivity contribution >= 4 is 49.9 Å². The molecular formula is C20H16BrN3O2. The van der Waals surface area contributed by atoms with Crippen LogP contribution in [0.5, 0.6) is 0 Å². The Morgan fingerprint density at radius 1 is 1.15 bits per heavy atom. The van der Waals surface area contributed by atoms with E-state index in [0.29, 0.717) is 4.67 Å². The normalized spacial score (nSPS) is 11.6. The summed E-state index contributed by atoms with van der Waals surface area (Å²) in [6.45, 7) is 3.05. The number of benzene rings is 2. The van der Waals surface area contributed by atoms with E-state index in [9.17, 15) is 4.79 Å². The van der Waals surface area contributed by atoms with Crippen molar-refractivity contribution < 1.29 is 9.21 Å². The van der Waals surface area contributed by atoms with Crippen molar-refractivity contribution in [1.82, 2.24) is 9.99 Å². The molecule has 4 rings (SSSR count). The molecule has 0 unspecified atom stereocenters. The first-order valence-corrected chi connectivity index (χ1v) is 9.06. The maximum Gasteiger partial charge on any atom is 0.307 e. The number of halogens is 1. The molecule has 0 spiro atoms. The average Bonchev–Trinajstić information content (AvgIpc) is 3.23. The standard InChI is InChI=1S/C20H16BrN3O2/c1-2-24-16-6-4-3-5-14(16)15-11-13(7-8-17(15)24)12-22-23-20(25)18-9-10-19(21)26-18/h3-12H,2H2,1H3,(H,23,25). The van der Waals surface area contributed by atoms with Crippen molar-refractivity contribution in [1.29, 1.82) is 0 Å². The van der Waals surface area contributed by atoms with E-state index in [4.69, 9.17) is 4.42 Å². The number of hydrogen-bond acceptors (Lipinski definition) is 3. The minimum Gasteiger partial charge on any atom is -0.444 e. The quantitative estimate of drug-likeness (QED) is 0.383. The maximum absolute atomic E-state index is 11.9. The number of nitrogens with zero attached hydrogens (tertiary/aromatic N) is 2. The topological polar surface area (TPSA) is 59.5 Å². The Morgan fingerprint density at radius 3 is 2.73 bits per heavy atom. The summed E-state index contributed by atoms with van der Waals surface area (Å²) in [5.41, 5.74) is 5.80. The molecule has 4 aromatic rings. The van der Waals surface area contributed by atoms with Gasteiger partial charge in [-0.2, -0.15) is 5.10 Å². The number of furan rings is 1. The van der Waals surface area contributed by atoms with Crippen molar-refractivity contribution in [2.24, 2.45) is 5.10 Å². The van der Waals surface area contributed by atoms with Crippen molar-refractivity contribution in [2.45, 2.75) is 13.5 Å². The largest absolute Gasteiger partial charge is 0.444 e. The Labute approximate surface area is 158 Å². The number of carbonyl (C=O) groups is 1. The third kappa shape index (κ3) is 2.93. The number of hydrogen-bond donors (Lipinski definition) is 1. The zero-order chi connectivity index (χ0) is 18.1. The summed E-state index contributed by atoms with van der Waals surface area (Å²) in [4.78, 5) is 11.9. The highest BCUT2D eigenvalue weighted by Crippen LogP contribution is 2.29. The van der Waals surface area contributed by atoms with Crippen molar-refractivity contribution in [2.75, 3.05) is 0 Å². The van der Waals surface area contributed by atoms with E-state index in [1.165, 1.54) is 21.8 Å². The Balaban J connectivity index is 1.63. The van der Waals surface area contributed by atoms with Crippen LogP contribution in [-0.4, -0.2) is 16.7 Å². The van der Waals surface area contributed by atoms with Gasteiger partial charge in [-0.3, -0.25) is 4.79 Å². The molecule has 0 radical (unpaired) electrons. The van der Waals surface area contributed by atoms with Crippen LogP contribution in [0.4, 0.5) is 0 Å². The van der Waals surface area contributed by atoms with Crippen molar-refractivity contribution in [3.05, 3.63) is 70.6 Å². The van der Waals surface area contributed by atoms with Crippen LogP contribution in [-0.2, 0) is 6.54 Å². The van der Waals surface area contributed by atoms with Gasteiger partial charge in [0.25, 0.3) is 0 Å². The maximum atomic E-state index is 11.9. The van der Waals surface area contributed by atoms with Gasteiger partial charge in [0.15, 0.2) is 10.4 Å². The van der Waals surface area contributed by atoms with Gasteiger partial charge in [0.1, 0.15) is 0 Å². The summed E-state index contributed by atoms with van der Waals surface area (Å²) in [6.07, 6.45) is 1.63. The number of aromatic nitrogens is 1. The van der Waals surface area contributed by atoms with E-state index >= 15 is 0 Å². The second kappa shape index (κ2) is 6.80. The predicted molar refractivity (Wildman–Crippen MR) is 107 cm³/mol. The Morgan fingerprint density at radius 2 is 1.96 bits per heavy atom. The van der Waals surface area contributed by atoms with E-state index in [1.807, 2.05) is 12.1 Å². The van der Waals surface area contributed by atoms with E-state index in [1.54, 1.807) is 18.3 Å². The van der Waals surface area contributed by atoms with Crippen LogP contribution in [0.15, 0.2) is 68.8 Å². The molecule has 6 heteroatoms. The summed E-state index contributed by atoms with van der Waals surface area (Å²) in [5.74, 6) is -0.189. The molecular weight excluding hydrogens is 394 g/mol. The first-order valence-electron chi connectivity index (χ1n) is 8.27. The number of hydrazone groups is 1. The Kier molecular flexibility index (Phi) is 4.34. The van der Waals surface area contributed by atoms with Crippen LogP contribution < -0.4 is 5.43 Å². The summed E-state index contributed by atoms with van der Waals surface area (Å²) in [7, 11) is 0. The fraction of sp³-hybridized carbons (Fsp3) is 0.100. The molecule has 130 valence electrons. The fourth-order valence-corrected chi connectivity index (χ4v) is 3.46. The monoisotopic (exact) mass is 409 g/mol. The molecule has 0 aliphatic heterocycles. The van der Waals surface area contributed by atoms with Gasteiger partial charge in [-0.25, -0.2) is 5.43 Å². The Bertz CT molecular complexity index is 1140. The van der Waals surface area contributed by atoms with Gasteiger partial charge in [0.05, 0.1) is 6.21 Å². The third-order valence-electron chi connectivity index (χ3n) is 4.29. The van der Waals surface area contributed by atoms with Gasteiger partial charge < -0.3 is 8.98 Å². The second-order valence-corrected chi connectivity index (χ2v) is 6.62. The van der Waals surface area contributed by atoms with Gasteiger partial charge in [-0.15, -0.1) is 0 Å². The first-order chi connectivity index (χ1) is 12.7. The van der Waals surface area contributed by atoms with Crippen LogP contribution in [0.1, 0.15) is 23.0 Å². The molecule has 2 aromatic heterocycles. The molecule has 0 saturated carbocycles. The van der Waals surface area contributed by atoms with Crippen molar-refractivity contribution in [3.63, 3.8) is 0 Å². The molecule has 0 fully saturated rings. The molecule has 0 saturated heterocycles. The zero-order valence-corrected chi connectivity index (χ0v) is 15.7. The predicted octanol–water partition coefficient (Wildman–Crippen LogP) is 4.93. The zero-order valence-electron chi connectivity index (χ0n) is 14.1. The number of fused-ring (bicyclic) bond motifs is 3. The number of para-hydroxylation sites is 1. The first kappa shape index (κ1) is 16.6. The van der Waals surface area contributed by atoms with Crippen LogP contribution >= 0.6 is 15.9 Å². The van der Waals surface area contributed by atoms with Crippen LogP contribution in [0.2, 0.25) is 0 Å². The molecule has 0 aliphatic carbocycles. The highest BCUT2D eigenvalue weighted by atomic mass is 79.9. The summed E-state index contributed by atoms with van der Waals surface area (Å²) in [5, 5.41) is 6.42. The van der Waals surface area contributed by atoms with Crippen LogP contribution in [0.25, 0.3) is 21.8 Å². The van der Waals surface area contributed by atoms with Crippen LogP contribution in [0.3, 0.4) is 0 Å². The van der Waals surface area contributed by atoms with Gasteiger partial charge in [-0.05, 0) is 58.7 Å². The van der Waals surface area contributed by atoms with Gasteiger partial charge in [0.2, 0.25) is 0 Å². The van der Waals surface area contributed by atoms with Crippen LogP contribution in [0, 0.1) is 0 Å². The average molecular weight is 410 g/mol. The molecule has 2 aromatic carbocycles. The van der Waals surface area contributed by atoms with E-state index in [-0.39, 0.29) is 5.76 Å². The number of nitrogens with one attached hydrogen (secondary N) is 1. The highest BCUT2D eigenvalue weighted by molar-refractivity contribution is 9.10. The van der Waals surface area contributed by atoms with Gasteiger partial charge >= 0.3 is 5.91 Å². The summed E-state index contributed by atoms with van der Waals surface area (Å²) in [6, 6.07) is 17.8. The lowest BCUT2D eigenvalue weighted by atomic mass is 10.1. The van der Waals surface area contributed by atoms with E-state index < -0.39 is 5.91 Å². The number of amides is 1. The minimum atomic E-state index is -0.393. The summed E-state index contributed by atoms with van der Waals surface area (Å²) >= 11 is 3.17. The lowest BCUT2D eigenvalue weighted by Crippen LogP contribution is -2.16. The lowest BCUT2D eigenvalue weighted by Gasteiger charge is -2.02. The third-order valence-corrected chi connectivity index (χ3v) is 4.72. The molecule has 1 N–H and O–H groups in total. The number of carbonyl (C=O) groups excluding carboxylic acids is 1. The molecule has 0 bridgehead atoms. The SMILES string of the molecule is CCn1c2ccccc2c2cc(C=NNC(=O)c3ccc(Br)o3)ccc21. The molecule has 0 atom stereocenters. The van der Waals surface area contributed by atoms with Crippen molar-refractivity contribution in [3.8, 4) is 0 Å². The van der Waals surface area contributed by atoms with Gasteiger partial charge in [-0.1, -0.05) is 24.3 Å². The van der Waals surface area contributed by atoms with E-state index in [0.717, 1.165) is 12.1 Å². The minimum absolute atomic E-state index is 0.204. The smallest absolute Gasteiger partial charge is 0.307 e. The van der Waals surface area contributed by atoms with Gasteiger partial charge in [0, 0.05) is 28.4 Å². The van der Waals surface area contributed by atoms with E-state index in [2.05, 4.69) is 68.3 Å². The summed E-state index contributed by atoms with van der Waals surface area (Å²) < 4.78 is 7.99. The Hall–Kier alpha value is -2.86. The highest BCUT2D eigenvalue weighted by Gasteiger charge is 2.10. The molecule has 2 heterocycles. The number of rotatable bonds is 4. The molecule has 5 nitrogen and oxygen atoms in total. The lowest BCUT2D eigenvalue weighted by molar-refractivity contribution is 0.0926. The molecule has 1 amide bonds.